The van der Waals surface area contributed by atoms with Gasteiger partial charge in [0.2, 0.25) is 0 Å². The number of methoxy groups -OCH3 is 1. The molecule has 1 saturated heterocycles. The number of esters is 1. The van der Waals surface area contributed by atoms with E-state index >= 15 is 0 Å². The van der Waals surface area contributed by atoms with E-state index in [9.17, 15) is 9.90 Å². The fourth-order valence-electron chi connectivity index (χ4n) is 1.46. The first-order chi connectivity index (χ1) is 7.70. The molecule has 7 heteroatoms. The molecule has 0 unspecified atom stereocenters. The van der Waals surface area contributed by atoms with Gasteiger partial charge in [-0.2, -0.15) is 11.1 Å². The summed E-state index contributed by atoms with van der Waals surface area (Å²) in [6.45, 7) is 0. The van der Waals surface area contributed by atoms with Gasteiger partial charge in [-0.25, -0.2) is 15.6 Å². The summed E-state index contributed by atoms with van der Waals surface area (Å²) in [5, 5.41) is 9.49. The van der Waals surface area contributed by atoms with Gasteiger partial charge in [0.1, 0.15) is 11.9 Å². The van der Waals surface area contributed by atoms with Gasteiger partial charge < -0.3 is 9.84 Å². The summed E-state index contributed by atoms with van der Waals surface area (Å²) in [6, 6.07) is 4.53. The van der Waals surface area contributed by atoms with E-state index in [1.165, 1.54) is 13.2 Å². The van der Waals surface area contributed by atoms with Crippen molar-refractivity contribution in [1.82, 2.24) is 21.9 Å². The molecule has 0 radical (unpaired) electrons. The maximum absolute atomic E-state index is 11.3. The normalized spacial score (nSPS) is 16.3. The highest BCUT2D eigenvalue weighted by Crippen LogP contribution is 2.20. The first-order valence-electron chi connectivity index (χ1n) is 4.64. The van der Waals surface area contributed by atoms with Crippen molar-refractivity contribution in [2.45, 2.75) is 6.17 Å². The van der Waals surface area contributed by atoms with Crippen LogP contribution in [-0.2, 0) is 4.74 Å². The molecule has 86 valence electrons. The van der Waals surface area contributed by atoms with E-state index in [1.54, 1.807) is 12.1 Å². The monoisotopic (exact) mass is 224 g/mol. The molecule has 16 heavy (non-hydrogen) atoms. The average Bonchev–Trinajstić information content (AvgIpc) is 2.80. The Balaban J connectivity index is 2.31. The summed E-state index contributed by atoms with van der Waals surface area (Å²) >= 11 is 0. The quantitative estimate of drug-likeness (QED) is 0.424. The zero-order valence-electron chi connectivity index (χ0n) is 8.57. The van der Waals surface area contributed by atoms with Crippen LogP contribution in [0.25, 0.3) is 0 Å². The van der Waals surface area contributed by atoms with Gasteiger partial charge in [-0.05, 0) is 23.8 Å². The number of rotatable bonds is 2. The molecular formula is C9H12N4O3. The van der Waals surface area contributed by atoms with Crippen molar-refractivity contribution in [3.63, 3.8) is 0 Å². The minimum Gasteiger partial charge on any atom is -0.508 e. The highest BCUT2D eigenvalue weighted by Gasteiger charge is 2.18. The Hall–Kier alpha value is -1.67. The SMILES string of the molecule is COC(=O)c1cc(O)cc(C2NNNN2)c1. The number of carbonyl (C=O) groups excluding carboxylic acids is 1. The van der Waals surface area contributed by atoms with Crippen LogP contribution < -0.4 is 21.9 Å². The topological polar surface area (TPSA) is 94.7 Å². The number of ether oxygens (including phenoxy) is 1. The number of aromatic hydroxyl groups is 1. The maximum Gasteiger partial charge on any atom is 0.337 e. The summed E-state index contributed by atoms with van der Waals surface area (Å²) < 4.78 is 4.59. The van der Waals surface area contributed by atoms with Crippen molar-refractivity contribution in [1.29, 1.82) is 0 Å². The highest BCUT2D eigenvalue weighted by atomic mass is 16.5. The van der Waals surface area contributed by atoms with Crippen molar-refractivity contribution in [3.05, 3.63) is 29.3 Å². The van der Waals surface area contributed by atoms with Gasteiger partial charge in [0.15, 0.2) is 0 Å². The van der Waals surface area contributed by atoms with Crippen LogP contribution in [0.2, 0.25) is 0 Å². The average molecular weight is 224 g/mol. The number of hydrogen-bond donors (Lipinski definition) is 5. The van der Waals surface area contributed by atoms with Crippen LogP contribution >= 0.6 is 0 Å². The molecule has 0 amide bonds. The number of carbonyl (C=O) groups is 1. The maximum atomic E-state index is 11.3. The van der Waals surface area contributed by atoms with Gasteiger partial charge in [-0.3, -0.25) is 0 Å². The first-order valence-corrected chi connectivity index (χ1v) is 4.64. The van der Waals surface area contributed by atoms with E-state index in [0.717, 1.165) is 0 Å². The smallest absolute Gasteiger partial charge is 0.337 e. The molecule has 1 aliphatic rings. The molecule has 0 atom stereocenters. The second-order valence-corrected chi connectivity index (χ2v) is 3.28. The van der Waals surface area contributed by atoms with Crippen molar-refractivity contribution in [2.75, 3.05) is 7.11 Å². The van der Waals surface area contributed by atoms with E-state index in [4.69, 9.17) is 0 Å². The van der Waals surface area contributed by atoms with Crippen LogP contribution in [-0.4, -0.2) is 18.2 Å². The summed E-state index contributed by atoms with van der Waals surface area (Å²) in [6.07, 6.45) is -0.240. The van der Waals surface area contributed by atoms with Gasteiger partial charge in [-0.1, -0.05) is 0 Å². The van der Waals surface area contributed by atoms with Gasteiger partial charge >= 0.3 is 5.97 Å². The Morgan fingerprint density at radius 1 is 1.31 bits per heavy atom. The molecule has 1 heterocycles. The molecule has 1 fully saturated rings. The van der Waals surface area contributed by atoms with E-state index in [1.807, 2.05) is 0 Å². The van der Waals surface area contributed by atoms with Gasteiger partial charge in [0.25, 0.3) is 0 Å². The summed E-state index contributed by atoms with van der Waals surface area (Å²) in [7, 11) is 1.29. The van der Waals surface area contributed by atoms with E-state index in [0.29, 0.717) is 11.1 Å². The lowest BCUT2D eigenvalue weighted by Crippen LogP contribution is -2.33. The second kappa shape index (κ2) is 4.45. The first kappa shape index (κ1) is 10.8. The third-order valence-corrected chi connectivity index (χ3v) is 2.19. The van der Waals surface area contributed by atoms with Crippen molar-refractivity contribution >= 4 is 5.97 Å². The van der Waals surface area contributed by atoms with Crippen LogP contribution in [0.3, 0.4) is 0 Å². The standard InChI is InChI=1S/C9H12N4O3/c1-16-9(15)6-2-5(3-7(14)4-6)8-10-12-13-11-8/h2-4,8,10-14H,1H3. The predicted octanol–water partition coefficient (Wildman–Crippen LogP) is -0.706. The lowest BCUT2D eigenvalue weighted by molar-refractivity contribution is 0.0600. The predicted molar refractivity (Wildman–Crippen MR) is 54.7 cm³/mol. The number of hydrazine groups is 3. The zero-order valence-corrected chi connectivity index (χ0v) is 8.57. The van der Waals surface area contributed by atoms with Crippen molar-refractivity contribution in [3.8, 4) is 5.75 Å². The van der Waals surface area contributed by atoms with Crippen molar-refractivity contribution in [2.24, 2.45) is 0 Å². The lowest BCUT2D eigenvalue weighted by atomic mass is 10.1. The molecule has 1 aromatic rings. The molecule has 2 rings (SSSR count). The Morgan fingerprint density at radius 3 is 2.62 bits per heavy atom. The van der Waals surface area contributed by atoms with E-state index < -0.39 is 5.97 Å². The fourth-order valence-corrected chi connectivity index (χ4v) is 1.46. The molecule has 1 aromatic carbocycles. The third-order valence-electron chi connectivity index (χ3n) is 2.19. The third kappa shape index (κ3) is 2.12. The van der Waals surface area contributed by atoms with Gasteiger partial charge in [0.05, 0.1) is 12.7 Å². The Morgan fingerprint density at radius 2 is 2.00 bits per heavy atom. The van der Waals surface area contributed by atoms with Crippen molar-refractivity contribution < 1.29 is 14.6 Å². The highest BCUT2D eigenvalue weighted by molar-refractivity contribution is 5.90. The molecule has 0 spiro atoms. The Kier molecular flexibility index (Phi) is 3.02. The Bertz CT molecular complexity index is 404. The van der Waals surface area contributed by atoms with Crippen LogP contribution in [0.4, 0.5) is 0 Å². The lowest BCUT2D eigenvalue weighted by Gasteiger charge is -2.11. The molecule has 1 aliphatic heterocycles. The number of benzene rings is 1. The summed E-state index contributed by atoms with van der Waals surface area (Å²) in [4.78, 5) is 11.3. The van der Waals surface area contributed by atoms with Gasteiger partial charge in [-0.15, -0.1) is 0 Å². The summed E-state index contributed by atoms with van der Waals surface area (Å²) in [5.74, 6) is -0.482. The molecular weight excluding hydrogens is 212 g/mol. The molecule has 0 aliphatic carbocycles. The minimum atomic E-state index is -0.490. The zero-order chi connectivity index (χ0) is 11.5. The van der Waals surface area contributed by atoms with E-state index in [-0.39, 0.29) is 11.9 Å². The molecule has 0 aromatic heterocycles. The van der Waals surface area contributed by atoms with Crippen LogP contribution in [0, 0.1) is 0 Å². The van der Waals surface area contributed by atoms with Crippen LogP contribution in [0.15, 0.2) is 18.2 Å². The van der Waals surface area contributed by atoms with Crippen LogP contribution in [0.1, 0.15) is 22.1 Å². The fraction of sp³-hybridized carbons (Fsp3) is 0.222. The summed E-state index contributed by atoms with van der Waals surface area (Å²) in [5.41, 5.74) is 12.0. The van der Waals surface area contributed by atoms with E-state index in [2.05, 4.69) is 26.7 Å². The molecule has 7 nitrogen and oxygen atoms in total. The minimum absolute atomic E-state index is 0.00778. The number of phenols is 1. The van der Waals surface area contributed by atoms with Gasteiger partial charge in [0, 0.05) is 0 Å². The number of nitrogens with one attached hydrogen (secondary N) is 4. The van der Waals surface area contributed by atoms with Crippen LogP contribution in [0.5, 0.6) is 5.75 Å². The molecule has 5 N–H and O–H groups in total. The largest absolute Gasteiger partial charge is 0.508 e. The number of phenolic OH excluding ortho intramolecular Hbond substituents is 1. The Labute approximate surface area is 91.7 Å². The molecule has 0 bridgehead atoms. The second-order valence-electron chi connectivity index (χ2n) is 3.28. The molecule has 0 saturated carbocycles. The number of hydrogen-bond acceptors (Lipinski definition) is 7.